The molecule has 1 unspecified atom stereocenters. The molecular weight excluding hydrogens is 249 g/mol. The summed E-state index contributed by atoms with van der Waals surface area (Å²) < 4.78 is 13.7. The molecule has 2 N–H and O–H groups in total. The van der Waals surface area contributed by atoms with Crippen LogP contribution in [-0.4, -0.2) is 23.5 Å². The molecule has 0 spiro atoms. The summed E-state index contributed by atoms with van der Waals surface area (Å²) in [5.41, 5.74) is 1.03. The molecule has 1 heterocycles. The lowest BCUT2D eigenvalue weighted by molar-refractivity contribution is 0.197. The highest BCUT2D eigenvalue weighted by Crippen LogP contribution is 2.38. The smallest absolute Gasteiger partial charge is 0.137 e. The number of hydrogen-bond donors (Lipinski definition) is 2. The molecule has 0 saturated carbocycles. The quantitative estimate of drug-likeness (QED) is 0.881. The van der Waals surface area contributed by atoms with E-state index in [1.54, 1.807) is 17.8 Å². The highest BCUT2D eigenvalue weighted by molar-refractivity contribution is 7.99. The van der Waals surface area contributed by atoms with Crippen molar-refractivity contribution in [1.82, 2.24) is 5.32 Å². The summed E-state index contributed by atoms with van der Waals surface area (Å²) in [7, 11) is 0. The summed E-state index contributed by atoms with van der Waals surface area (Å²) in [6, 6.07) is 5.47. The van der Waals surface area contributed by atoms with Crippen LogP contribution in [0.15, 0.2) is 23.1 Å². The Morgan fingerprint density at radius 2 is 2.28 bits per heavy atom. The molecule has 0 aliphatic carbocycles. The molecule has 0 radical (unpaired) electrons. The molecule has 2 atom stereocenters. The minimum Gasteiger partial charge on any atom is -0.395 e. The van der Waals surface area contributed by atoms with Crippen molar-refractivity contribution in [3.63, 3.8) is 0 Å². The van der Waals surface area contributed by atoms with Crippen LogP contribution in [0.25, 0.3) is 0 Å². The van der Waals surface area contributed by atoms with Crippen LogP contribution in [0, 0.1) is 11.7 Å². The summed E-state index contributed by atoms with van der Waals surface area (Å²) in [4.78, 5) is 0.765. The first-order valence-corrected chi connectivity index (χ1v) is 7.40. The van der Waals surface area contributed by atoms with E-state index in [4.69, 9.17) is 0 Å². The van der Waals surface area contributed by atoms with Gasteiger partial charge in [0.2, 0.25) is 0 Å². The van der Waals surface area contributed by atoms with E-state index in [0.717, 1.165) is 22.6 Å². The van der Waals surface area contributed by atoms with Crippen molar-refractivity contribution in [1.29, 1.82) is 0 Å². The molecule has 1 aromatic carbocycles. The number of halogens is 1. The van der Waals surface area contributed by atoms with Crippen molar-refractivity contribution in [2.24, 2.45) is 5.92 Å². The maximum absolute atomic E-state index is 13.7. The largest absolute Gasteiger partial charge is 0.395 e. The van der Waals surface area contributed by atoms with Gasteiger partial charge in [0.05, 0.1) is 6.61 Å². The molecule has 18 heavy (non-hydrogen) atoms. The lowest BCUT2D eigenvalue weighted by Crippen LogP contribution is -2.40. The molecule has 2 rings (SSSR count). The van der Waals surface area contributed by atoms with Crippen molar-refractivity contribution in [2.45, 2.75) is 37.2 Å². The Hall–Kier alpha value is -0.580. The predicted octanol–water partition coefficient (Wildman–Crippen LogP) is 2.97. The number of aliphatic hydroxyl groups is 1. The van der Waals surface area contributed by atoms with E-state index >= 15 is 0 Å². The van der Waals surface area contributed by atoms with Crippen LogP contribution in [0.1, 0.15) is 31.9 Å². The van der Waals surface area contributed by atoms with Crippen LogP contribution in [0.3, 0.4) is 0 Å². The van der Waals surface area contributed by atoms with Gasteiger partial charge in [-0.3, -0.25) is 0 Å². The molecule has 0 amide bonds. The predicted molar refractivity (Wildman–Crippen MR) is 73.3 cm³/mol. The molecule has 0 bridgehead atoms. The molecule has 0 fully saturated rings. The lowest BCUT2D eigenvalue weighted by Gasteiger charge is -2.31. The first-order valence-electron chi connectivity index (χ1n) is 6.41. The summed E-state index contributed by atoms with van der Waals surface area (Å²) in [6.07, 6.45) is 0.977. The second-order valence-electron chi connectivity index (χ2n) is 5.05. The third kappa shape index (κ3) is 2.87. The average Bonchev–Trinajstić information content (AvgIpc) is 2.36. The second-order valence-corrected chi connectivity index (χ2v) is 6.15. The van der Waals surface area contributed by atoms with E-state index in [2.05, 4.69) is 19.2 Å². The number of fused-ring (bicyclic) bond motifs is 1. The van der Waals surface area contributed by atoms with Gasteiger partial charge in [0.15, 0.2) is 0 Å². The van der Waals surface area contributed by atoms with E-state index in [1.165, 1.54) is 6.07 Å². The molecule has 100 valence electrons. The number of aliphatic hydroxyl groups excluding tert-OH is 1. The molecule has 1 aliphatic rings. The monoisotopic (exact) mass is 269 g/mol. The number of thioether (sulfide) groups is 1. The summed E-state index contributed by atoms with van der Waals surface area (Å²) in [5.74, 6) is 1.15. The zero-order valence-corrected chi connectivity index (χ0v) is 11.6. The maximum atomic E-state index is 13.7. The summed E-state index contributed by atoms with van der Waals surface area (Å²) in [5, 5.41) is 12.8. The van der Waals surface area contributed by atoms with E-state index in [-0.39, 0.29) is 24.5 Å². The van der Waals surface area contributed by atoms with Crippen molar-refractivity contribution < 1.29 is 9.50 Å². The van der Waals surface area contributed by atoms with Crippen LogP contribution in [-0.2, 0) is 0 Å². The minimum atomic E-state index is -0.130. The van der Waals surface area contributed by atoms with Crippen molar-refractivity contribution in [2.75, 3.05) is 12.4 Å². The molecule has 1 aromatic rings. The first-order chi connectivity index (χ1) is 8.63. The van der Waals surface area contributed by atoms with Crippen LogP contribution >= 0.6 is 11.8 Å². The fourth-order valence-electron chi connectivity index (χ4n) is 2.27. The lowest BCUT2D eigenvalue weighted by atomic mass is 9.99. The fourth-order valence-corrected chi connectivity index (χ4v) is 3.41. The van der Waals surface area contributed by atoms with E-state index in [0.29, 0.717) is 5.92 Å². The van der Waals surface area contributed by atoms with Crippen LogP contribution in [0.5, 0.6) is 0 Å². The van der Waals surface area contributed by atoms with Crippen molar-refractivity contribution >= 4 is 11.8 Å². The summed E-state index contributed by atoms with van der Waals surface area (Å²) in [6.45, 7) is 4.28. The molecule has 4 heteroatoms. The Morgan fingerprint density at radius 3 is 2.94 bits per heavy atom. The van der Waals surface area contributed by atoms with Gasteiger partial charge in [-0.2, -0.15) is 0 Å². The molecule has 1 aliphatic heterocycles. The third-order valence-electron chi connectivity index (χ3n) is 3.44. The van der Waals surface area contributed by atoms with Gasteiger partial charge in [-0.05, 0) is 29.7 Å². The van der Waals surface area contributed by atoms with E-state index in [1.807, 2.05) is 6.07 Å². The van der Waals surface area contributed by atoms with E-state index < -0.39 is 0 Å². The van der Waals surface area contributed by atoms with Gasteiger partial charge in [0.25, 0.3) is 0 Å². The van der Waals surface area contributed by atoms with Crippen molar-refractivity contribution in [3.05, 3.63) is 29.6 Å². The maximum Gasteiger partial charge on any atom is 0.137 e. The average molecular weight is 269 g/mol. The topological polar surface area (TPSA) is 32.3 Å². The Labute approximate surface area is 112 Å². The van der Waals surface area contributed by atoms with Gasteiger partial charge < -0.3 is 10.4 Å². The van der Waals surface area contributed by atoms with Gasteiger partial charge in [0, 0.05) is 17.0 Å². The SMILES string of the molecule is CC(C)[C@@H](CO)NC1CCSc2c(F)cccc21. The number of rotatable bonds is 4. The van der Waals surface area contributed by atoms with Crippen LogP contribution in [0.2, 0.25) is 0 Å². The molecule has 2 nitrogen and oxygen atoms in total. The number of benzene rings is 1. The van der Waals surface area contributed by atoms with Crippen LogP contribution < -0.4 is 5.32 Å². The Morgan fingerprint density at radius 1 is 1.50 bits per heavy atom. The van der Waals surface area contributed by atoms with Gasteiger partial charge in [0.1, 0.15) is 5.82 Å². The summed E-state index contributed by atoms with van der Waals surface area (Å²) >= 11 is 1.58. The standard InChI is InChI=1S/C14H20FNOS/c1-9(2)13(8-17)16-12-6-7-18-14-10(12)4-3-5-11(14)15/h3-5,9,12-13,16-17H,6-8H2,1-2H3/t12?,13-/m1/s1. The normalized spacial score (nSPS) is 20.8. The second kappa shape index (κ2) is 6.04. The van der Waals surface area contributed by atoms with Crippen molar-refractivity contribution in [3.8, 4) is 0 Å². The van der Waals surface area contributed by atoms with E-state index in [9.17, 15) is 9.50 Å². The highest BCUT2D eigenvalue weighted by Gasteiger charge is 2.25. The molecule has 0 saturated heterocycles. The highest BCUT2D eigenvalue weighted by atomic mass is 32.2. The number of nitrogens with one attached hydrogen (secondary N) is 1. The molecule has 0 aromatic heterocycles. The van der Waals surface area contributed by atoms with Gasteiger partial charge in [-0.1, -0.05) is 26.0 Å². The van der Waals surface area contributed by atoms with Gasteiger partial charge in [-0.25, -0.2) is 4.39 Å². The Balaban J connectivity index is 2.20. The third-order valence-corrected chi connectivity index (χ3v) is 4.60. The molecular formula is C14H20FNOS. The first kappa shape index (κ1) is 13.8. The zero-order valence-electron chi connectivity index (χ0n) is 10.8. The fraction of sp³-hybridized carbons (Fsp3) is 0.571. The van der Waals surface area contributed by atoms with Gasteiger partial charge >= 0.3 is 0 Å². The Kier molecular flexibility index (Phi) is 4.65. The zero-order chi connectivity index (χ0) is 13.1. The Bertz CT molecular complexity index is 411. The minimum absolute atomic E-state index is 0.0641. The van der Waals surface area contributed by atoms with Crippen LogP contribution in [0.4, 0.5) is 4.39 Å². The number of hydrogen-bond acceptors (Lipinski definition) is 3. The van der Waals surface area contributed by atoms with Gasteiger partial charge in [-0.15, -0.1) is 11.8 Å².